The molecule has 0 fully saturated rings. The Morgan fingerprint density at radius 2 is 2.35 bits per heavy atom. The molecule has 0 bridgehead atoms. The highest BCUT2D eigenvalue weighted by Crippen LogP contribution is 2.05. The van der Waals surface area contributed by atoms with Gasteiger partial charge < -0.3 is 9.84 Å². The van der Waals surface area contributed by atoms with Gasteiger partial charge in [-0.2, -0.15) is 4.98 Å². The number of hydrogen-bond donors (Lipinski definition) is 1. The SMILES string of the molecule is CCCn1nncc1NCCc1noc(C)n1. The molecule has 2 rings (SSSR count). The molecular weight excluding hydrogens is 220 g/mol. The maximum Gasteiger partial charge on any atom is 0.223 e. The van der Waals surface area contributed by atoms with E-state index in [1.165, 1.54) is 0 Å². The summed E-state index contributed by atoms with van der Waals surface area (Å²) in [5.41, 5.74) is 0. The third-order valence-corrected chi connectivity index (χ3v) is 2.28. The van der Waals surface area contributed by atoms with Crippen molar-refractivity contribution in [3.05, 3.63) is 17.9 Å². The number of anilines is 1. The van der Waals surface area contributed by atoms with E-state index < -0.39 is 0 Å². The lowest BCUT2D eigenvalue weighted by molar-refractivity contribution is 0.387. The zero-order chi connectivity index (χ0) is 12.1. The van der Waals surface area contributed by atoms with Crippen molar-refractivity contribution >= 4 is 5.82 Å². The van der Waals surface area contributed by atoms with Crippen LogP contribution >= 0.6 is 0 Å². The van der Waals surface area contributed by atoms with Gasteiger partial charge in [-0.15, -0.1) is 5.10 Å². The minimum Gasteiger partial charge on any atom is -0.368 e. The standard InChI is InChI=1S/C10H16N6O/c1-3-6-16-10(7-12-15-16)11-5-4-9-13-8(2)17-14-9/h7,11H,3-6H2,1-2H3. The summed E-state index contributed by atoms with van der Waals surface area (Å²) in [5.74, 6) is 2.23. The van der Waals surface area contributed by atoms with Crippen LogP contribution in [0.25, 0.3) is 0 Å². The molecule has 2 heterocycles. The van der Waals surface area contributed by atoms with Crippen LogP contribution in [0.1, 0.15) is 25.1 Å². The smallest absolute Gasteiger partial charge is 0.223 e. The molecular formula is C10H16N6O. The Hall–Kier alpha value is -1.92. The number of nitrogens with zero attached hydrogens (tertiary/aromatic N) is 5. The number of nitrogens with one attached hydrogen (secondary N) is 1. The molecule has 0 spiro atoms. The molecule has 0 unspecified atom stereocenters. The first-order valence-electron chi connectivity index (χ1n) is 5.71. The molecule has 1 N–H and O–H groups in total. The first-order valence-corrected chi connectivity index (χ1v) is 5.71. The fraction of sp³-hybridized carbons (Fsp3) is 0.600. The molecule has 0 aliphatic heterocycles. The summed E-state index contributed by atoms with van der Waals surface area (Å²) < 4.78 is 6.74. The summed E-state index contributed by atoms with van der Waals surface area (Å²) in [4.78, 5) is 4.13. The maximum absolute atomic E-state index is 4.90. The van der Waals surface area contributed by atoms with Gasteiger partial charge in [0.15, 0.2) is 5.82 Å². The Morgan fingerprint density at radius 3 is 3.06 bits per heavy atom. The largest absolute Gasteiger partial charge is 0.368 e. The second-order valence-electron chi connectivity index (χ2n) is 3.75. The zero-order valence-electron chi connectivity index (χ0n) is 10.1. The Morgan fingerprint density at radius 1 is 1.47 bits per heavy atom. The van der Waals surface area contributed by atoms with Gasteiger partial charge in [0.1, 0.15) is 5.82 Å². The van der Waals surface area contributed by atoms with Crippen LogP contribution < -0.4 is 5.32 Å². The summed E-state index contributed by atoms with van der Waals surface area (Å²) in [6, 6.07) is 0. The minimum atomic E-state index is 0.595. The van der Waals surface area contributed by atoms with Crippen LogP contribution in [0.4, 0.5) is 5.82 Å². The first kappa shape index (κ1) is 11.6. The van der Waals surface area contributed by atoms with Crippen LogP contribution in [0.15, 0.2) is 10.7 Å². The van der Waals surface area contributed by atoms with Gasteiger partial charge in [-0.05, 0) is 6.42 Å². The van der Waals surface area contributed by atoms with E-state index in [0.29, 0.717) is 18.1 Å². The highest BCUT2D eigenvalue weighted by molar-refractivity contribution is 5.30. The topological polar surface area (TPSA) is 81.7 Å². The normalized spacial score (nSPS) is 10.7. The van der Waals surface area contributed by atoms with Gasteiger partial charge in [-0.3, -0.25) is 0 Å². The molecule has 0 radical (unpaired) electrons. The molecule has 17 heavy (non-hydrogen) atoms. The van der Waals surface area contributed by atoms with Crippen molar-refractivity contribution in [2.75, 3.05) is 11.9 Å². The van der Waals surface area contributed by atoms with Crippen LogP contribution in [0, 0.1) is 6.92 Å². The monoisotopic (exact) mass is 236 g/mol. The second-order valence-corrected chi connectivity index (χ2v) is 3.75. The molecule has 0 aliphatic rings. The van der Waals surface area contributed by atoms with Crippen molar-refractivity contribution in [1.29, 1.82) is 0 Å². The molecule has 2 aromatic rings. The molecule has 0 atom stereocenters. The van der Waals surface area contributed by atoms with E-state index in [1.54, 1.807) is 13.1 Å². The number of rotatable bonds is 6. The number of aromatic nitrogens is 5. The van der Waals surface area contributed by atoms with E-state index in [4.69, 9.17) is 4.52 Å². The van der Waals surface area contributed by atoms with Crippen LogP contribution in [0.5, 0.6) is 0 Å². The van der Waals surface area contributed by atoms with Gasteiger partial charge in [-0.1, -0.05) is 17.3 Å². The quantitative estimate of drug-likeness (QED) is 0.806. The van der Waals surface area contributed by atoms with Gasteiger partial charge in [0.05, 0.1) is 6.20 Å². The fourth-order valence-corrected chi connectivity index (χ4v) is 1.52. The molecule has 7 heteroatoms. The third-order valence-electron chi connectivity index (χ3n) is 2.28. The minimum absolute atomic E-state index is 0.595. The van der Waals surface area contributed by atoms with E-state index >= 15 is 0 Å². The van der Waals surface area contributed by atoms with Crippen molar-refractivity contribution < 1.29 is 4.52 Å². The molecule has 0 saturated carbocycles. The molecule has 0 saturated heterocycles. The predicted octanol–water partition coefficient (Wildman–Crippen LogP) is 1.03. The van der Waals surface area contributed by atoms with Crippen LogP contribution in [0.2, 0.25) is 0 Å². The van der Waals surface area contributed by atoms with Gasteiger partial charge in [-0.25, -0.2) is 4.68 Å². The Balaban J connectivity index is 1.83. The zero-order valence-corrected chi connectivity index (χ0v) is 10.1. The van der Waals surface area contributed by atoms with Crippen LogP contribution in [-0.4, -0.2) is 31.7 Å². The Bertz CT molecular complexity index is 463. The van der Waals surface area contributed by atoms with E-state index in [1.807, 2.05) is 4.68 Å². The highest BCUT2D eigenvalue weighted by Gasteiger charge is 2.04. The van der Waals surface area contributed by atoms with E-state index in [9.17, 15) is 0 Å². The lowest BCUT2D eigenvalue weighted by Gasteiger charge is -2.05. The number of hydrogen-bond acceptors (Lipinski definition) is 6. The molecule has 2 aromatic heterocycles. The van der Waals surface area contributed by atoms with Crippen molar-refractivity contribution in [1.82, 2.24) is 25.1 Å². The van der Waals surface area contributed by atoms with Crippen LogP contribution in [0.3, 0.4) is 0 Å². The van der Waals surface area contributed by atoms with E-state index in [-0.39, 0.29) is 0 Å². The molecule has 0 aromatic carbocycles. The Labute approximate surface area is 99.2 Å². The summed E-state index contributed by atoms with van der Waals surface area (Å²) >= 11 is 0. The number of aryl methyl sites for hydroxylation is 2. The molecule has 7 nitrogen and oxygen atoms in total. The highest BCUT2D eigenvalue weighted by atomic mass is 16.5. The lowest BCUT2D eigenvalue weighted by Crippen LogP contribution is -2.11. The van der Waals surface area contributed by atoms with Crippen molar-refractivity contribution in [3.8, 4) is 0 Å². The van der Waals surface area contributed by atoms with Gasteiger partial charge in [0.25, 0.3) is 0 Å². The summed E-state index contributed by atoms with van der Waals surface area (Å²) in [6.45, 7) is 5.48. The van der Waals surface area contributed by atoms with Crippen molar-refractivity contribution in [3.63, 3.8) is 0 Å². The molecule has 0 amide bonds. The average Bonchev–Trinajstić information content (AvgIpc) is 2.90. The lowest BCUT2D eigenvalue weighted by atomic mass is 10.4. The second kappa shape index (κ2) is 5.42. The van der Waals surface area contributed by atoms with Crippen LogP contribution in [-0.2, 0) is 13.0 Å². The molecule has 0 aliphatic carbocycles. The Kier molecular flexibility index (Phi) is 3.69. The summed E-state index contributed by atoms with van der Waals surface area (Å²) in [6.07, 6.45) is 3.47. The van der Waals surface area contributed by atoms with Crippen molar-refractivity contribution in [2.24, 2.45) is 0 Å². The van der Waals surface area contributed by atoms with E-state index in [2.05, 4.69) is 32.7 Å². The fourth-order valence-electron chi connectivity index (χ4n) is 1.52. The first-order chi connectivity index (χ1) is 8.29. The maximum atomic E-state index is 4.90. The van der Waals surface area contributed by atoms with Gasteiger partial charge >= 0.3 is 0 Å². The third kappa shape index (κ3) is 3.02. The van der Waals surface area contributed by atoms with Gasteiger partial charge in [0, 0.05) is 26.4 Å². The van der Waals surface area contributed by atoms with E-state index in [0.717, 1.165) is 25.3 Å². The average molecular weight is 236 g/mol. The summed E-state index contributed by atoms with van der Waals surface area (Å²) in [5, 5.41) is 14.9. The van der Waals surface area contributed by atoms with Gasteiger partial charge in [0.2, 0.25) is 5.89 Å². The summed E-state index contributed by atoms with van der Waals surface area (Å²) in [7, 11) is 0. The predicted molar refractivity (Wildman–Crippen MR) is 61.5 cm³/mol. The van der Waals surface area contributed by atoms with Crippen molar-refractivity contribution in [2.45, 2.75) is 33.2 Å². The molecule has 92 valence electrons.